The van der Waals surface area contributed by atoms with Crippen molar-refractivity contribution < 1.29 is 17.6 Å². The molecule has 8 nitrogen and oxygen atoms in total. The number of para-hydroxylation sites is 1. The average molecular weight is 506 g/mol. The van der Waals surface area contributed by atoms with Gasteiger partial charge in [-0.15, -0.1) is 0 Å². The van der Waals surface area contributed by atoms with Gasteiger partial charge in [0.2, 0.25) is 0 Å². The fourth-order valence-corrected chi connectivity index (χ4v) is 4.93. The molecule has 2 heterocycles. The van der Waals surface area contributed by atoms with Crippen molar-refractivity contribution in [2.45, 2.75) is 5.03 Å². The van der Waals surface area contributed by atoms with E-state index in [0.29, 0.717) is 21.5 Å². The van der Waals surface area contributed by atoms with E-state index in [4.69, 9.17) is 16.0 Å². The minimum Gasteiger partial charge on any atom is -0.422 e. The summed E-state index contributed by atoms with van der Waals surface area (Å²) in [6.45, 7) is 0. The van der Waals surface area contributed by atoms with Crippen LogP contribution in [0.1, 0.15) is 10.4 Å². The van der Waals surface area contributed by atoms with Gasteiger partial charge in [-0.1, -0.05) is 48.0 Å². The Balaban J connectivity index is 1.45. The van der Waals surface area contributed by atoms with Crippen LogP contribution in [0.25, 0.3) is 21.7 Å². The number of pyridine rings is 1. The number of hydrogen-bond donors (Lipinski definition) is 2. The molecule has 0 aliphatic rings. The maximum absolute atomic E-state index is 13.1. The van der Waals surface area contributed by atoms with Crippen LogP contribution in [0, 0.1) is 0 Å². The molecule has 0 unspecified atom stereocenters. The molecule has 0 saturated heterocycles. The Morgan fingerprint density at radius 2 is 1.71 bits per heavy atom. The Hall–Kier alpha value is -4.21. The van der Waals surface area contributed by atoms with E-state index in [1.54, 1.807) is 36.4 Å². The molecule has 0 aliphatic carbocycles. The molecule has 10 heteroatoms. The maximum atomic E-state index is 13.1. The second-order valence-electron chi connectivity index (χ2n) is 7.60. The number of benzene rings is 3. The first-order valence-electron chi connectivity index (χ1n) is 10.3. The number of nitrogens with zero attached hydrogens (tertiary/aromatic N) is 1. The molecule has 174 valence electrons. The highest BCUT2D eigenvalue weighted by Gasteiger charge is 2.19. The van der Waals surface area contributed by atoms with Crippen LogP contribution >= 0.6 is 11.6 Å². The molecule has 3 aromatic carbocycles. The fourth-order valence-electron chi connectivity index (χ4n) is 3.66. The van der Waals surface area contributed by atoms with Gasteiger partial charge in [0.05, 0.1) is 11.3 Å². The summed E-state index contributed by atoms with van der Waals surface area (Å²) in [4.78, 5) is 28.5. The minimum atomic E-state index is -4.12. The van der Waals surface area contributed by atoms with E-state index < -0.39 is 21.6 Å². The lowest BCUT2D eigenvalue weighted by Gasteiger charge is -2.12. The number of aromatic nitrogens is 1. The van der Waals surface area contributed by atoms with Crippen LogP contribution in [0.15, 0.2) is 99.3 Å². The van der Waals surface area contributed by atoms with Gasteiger partial charge < -0.3 is 9.73 Å². The lowest BCUT2D eigenvalue weighted by Crippen LogP contribution is -2.17. The summed E-state index contributed by atoms with van der Waals surface area (Å²) in [6, 6.07) is 20.8. The molecule has 1 amide bonds. The summed E-state index contributed by atoms with van der Waals surface area (Å²) in [5, 5.41) is 4.72. The molecule has 35 heavy (non-hydrogen) atoms. The number of halogens is 1. The Bertz CT molecular complexity index is 1780. The van der Waals surface area contributed by atoms with Crippen molar-refractivity contribution in [2.75, 3.05) is 10.0 Å². The first-order chi connectivity index (χ1) is 16.8. The van der Waals surface area contributed by atoms with E-state index >= 15 is 0 Å². The summed E-state index contributed by atoms with van der Waals surface area (Å²) >= 11 is 6.17. The predicted octanol–water partition coefficient (Wildman–Crippen LogP) is 5.05. The summed E-state index contributed by atoms with van der Waals surface area (Å²) in [6.07, 6.45) is 1.27. The van der Waals surface area contributed by atoms with E-state index in [1.807, 2.05) is 12.1 Å². The van der Waals surface area contributed by atoms with Gasteiger partial charge in [0.25, 0.3) is 15.9 Å². The van der Waals surface area contributed by atoms with Crippen molar-refractivity contribution in [3.05, 3.63) is 106 Å². The normalized spacial score (nSPS) is 11.5. The van der Waals surface area contributed by atoms with Crippen LogP contribution in [-0.2, 0) is 10.0 Å². The van der Waals surface area contributed by atoms with Crippen molar-refractivity contribution >= 4 is 60.6 Å². The van der Waals surface area contributed by atoms with Gasteiger partial charge in [0, 0.05) is 39.8 Å². The van der Waals surface area contributed by atoms with Gasteiger partial charge in [0.15, 0.2) is 10.6 Å². The molecule has 0 fully saturated rings. The van der Waals surface area contributed by atoms with Crippen molar-refractivity contribution in [3.63, 3.8) is 0 Å². The number of nitrogens with one attached hydrogen (secondary N) is 2. The standard InChI is InChI=1S/C25H16ClN3O5S/c26-17-12-16-4-1-2-6-19(16)21(13-17)29-35(32,33)22-14-18(10-11-27-22)28-25(31)20-7-3-5-15-8-9-23(30)34-24(15)20/h1-14,29H,(H,27,28,31). The second-order valence-corrected chi connectivity index (χ2v) is 9.66. The van der Waals surface area contributed by atoms with Gasteiger partial charge >= 0.3 is 5.63 Å². The van der Waals surface area contributed by atoms with E-state index in [-0.39, 0.29) is 21.9 Å². The predicted molar refractivity (Wildman–Crippen MR) is 134 cm³/mol. The third-order valence-corrected chi connectivity index (χ3v) is 6.71. The zero-order valence-corrected chi connectivity index (χ0v) is 19.4. The molecule has 0 bridgehead atoms. The van der Waals surface area contributed by atoms with Crippen LogP contribution in [0.4, 0.5) is 11.4 Å². The molecule has 2 aromatic heterocycles. The first kappa shape index (κ1) is 22.6. The van der Waals surface area contributed by atoms with Crippen molar-refractivity contribution in [3.8, 4) is 0 Å². The fraction of sp³-hybridized carbons (Fsp3) is 0. The second kappa shape index (κ2) is 8.86. The Morgan fingerprint density at radius 3 is 2.57 bits per heavy atom. The average Bonchev–Trinajstić information content (AvgIpc) is 2.83. The SMILES string of the molecule is O=C(Nc1ccnc(S(=O)(=O)Nc2cc(Cl)cc3ccccc23)c1)c1cccc2ccc(=O)oc12. The lowest BCUT2D eigenvalue weighted by molar-refractivity contribution is 0.102. The molecule has 0 aliphatic heterocycles. The van der Waals surface area contributed by atoms with E-state index in [2.05, 4.69) is 15.0 Å². The number of sulfonamides is 1. The molecule has 0 radical (unpaired) electrons. The number of carbonyl (C=O) groups excluding carboxylic acids is 1. The highest BCUT2D eigenvalue weighted by atomic mass is 35.5. The van der Waals surface area contributed by atoms with E-state index in [0.717, 1.165) is 5.39 Å². The quantitative estimate of drug-likeness (QED) is 0.323. The molecular weight excluding hydrogens is 490 g/mol. The number of carbonyl (C=O) groups is 1. The minimum absolute atomic E-state index is 0.130. The summed E-state index contributed by atoms with van der Waals surface area (Å²) in [5.41, 5.74) is 0.167. The summed E-state index contributed by atoms with van der Waals surface area (Å²) < 4.78 is 33.9. The van der Waals surface area contributed by atoms with E-state index in [1.165, 1.54) is 36.5 Å². The molecule has 0 spiro atoms. The Morgan fingerprint density at radius 1 is 0.914 bits per heavy atom. The number of anilines is 2. The number of fused-ring (bicyclic) bond motifs is 2. The molecule has 2 N–H and O–H groups in total. The van der Waals surface area contributed by atoms with Crippen molar-refractivity contribution in [1.82, 2.24) is 4.98 Å². The zero-order valence-electron chi connectivity index (χ0n) is 17.9. The number of amides is 1. The Kier molecular flexibility index (Phi) is 5.72. The molecule has 0 atom stereocenters. The first-order valence-corrected chi connectivity index (χ1v) is 12.2. The smallest absolute Gasteiger partial charge is 0.336 e. The van der Waals surface area contributed by atoms with Gasteiger partial charge in [-0.2, -0.15) is 8.42 Å². The van der Waals surface area contributed by atoms with Crippen molar-refractivity contribution in [2.24, 2.45) is 0 Å². The highest BCUT2D eigenvalue weighted by molar-refractivity contribution is 7.92. The number of hydrogen-bond acceptors (Lipinski definition) is 6. The largest absolute Gasteiger partial charge is 0.422 e. The van der Waals surface area contributed by atoms with Crippen LogP contribution in [-0.4, -0.2) is 19.3 Å². The molecule has 0 saturated carbocycles. The third kappa shape index (κ3) is 4.59. The molecule has 5 rings (SSSR count). The van der Waals surface area contributed by atoms with Crippen LogP contribution in [0.5, 0.6) is 0 Å². The highest BCUT2D eigenvalue weighted by Crippen LogP contribution is 2.30. The lowest BCUT2D eigenvalue weighted by atomic mass is 10.1. The van der Waals surface area contributed by atoms with Gasteiger partial charge in [-0.25, -0.2) is 9.78 Å². The molecule has 5 aromatic rings. The van der Waals surface area contributed by atoms with Crippen LogP contribution in [0.2, 0.25) is 5.02 Å². The zero-order chi connectivity index (χ0) is 24.6. The van der Waals surface area contributed by atoms with E-state index in [9.17, 15) is 18.0 Å². The maximum Gasteiger partial charge on any atom is 0.336 e. The molecular formula is C25H16ClN3O5S. The Labute approximate surface area is 204 Å². The number of rotatable bonds is 5. The monoisotopic (exact) mass is 505 g/mol. The van der Waals surface area contributed by atoms with Crippen molar-refractivity contribution in [1.29, 1.82) is 0 Å². The summed E-state index contributed by atoms with van der Waals surface area (Å²) in [5.74, 6) is -0.576. The van der Waals surface area contributed by atoms with Crippen LogP contribution < -0.4 is 15.7 Å². The third-order valence-electron chi connectivity index (χ3n) is 5.23. The van der Waals surface area contributed by atoms with Gasteiger partial charge in [0.1, 0.15) is 0 Å². The topological polar surface area (TPSA) is 118 Å². The summed E-state index contributed by atoms with van der Waals surface area (Å²) in [7, 11) is -4.12. The van der Waals surface area contributed by atoms with Crippen LogP contribution in [0.3, 0.4) is 0 Å². The van der Waals surface area contributed by atoms with Gasteiger partial charge in [-0.05, 0) is 35.7 Å². The van der Waals surface area contributed by atoms with Gasteiger partial charge in [-0.3, -0.25) is 9.52 Å².